The normalized spacial score (nSPS) is 20.5. The first-order chi connectivity index (χ1) is 24.3. The highest BCUT2D eigenvalue weighted by molar-refractivity contribution is 7.92. The minimum atomic E-state index is -4.10. The minimum Gasteiger partial charge on any atom is -0.490 e. The van der Waals surface area contributed by atoms with Crippen LogP contribution < -0.4 is 24.2 Å². The predicted molar refractivity (Wildman–Crippen MR) is 188 cm³/mol. The lowest BCUT2D eigenvalue weighted by Gasteiger charge is -2.35. The second-order valence-electron chi connectivity index (χ2n) is 13.1. The molecule has 0 spiro atoms. The van der Waals surface area contributed by atoms with Crippen LogP contribution in [0.25, 0.3) is 0 Å². The average molecular weight is 730 g/mol. The van der Waals surface area contributed by atoms with Gasteiger partial charge in [-0.05, 0) is 77.3 Å². The molecular weight excluding hydrogens is 682 g/mol. The topological polar surface area (TPSA) is 182 Å². The van der Waals surface area contributed by atoms with Gasteiger partial charge in [0, 0.05) is 50.1 Å². The van der Waals surface area contributed by atoms with E-state index < -0.39 is 28.1 Å². The fraction of sp³-hybridized carbons (Fsp3) is 0.514. The maximum absolute atomic E-state index is 14.4. The number of ether oxygens (including phenoxy) is 4. The molecule has 0 fully saturated rings. The second kappa shape index (κ2) is 16.2. The molecule has 5 rings (SSSR count). The molecule has 4 atom stereocenters. The van der Waals surface area contributed by atoms with Crippen molar-refractivity contribution < 1.29 is 46.6 Å². The van der Waals surface area contributed by atoms with Gasteiger partial charge in [-0.1, -0.05) is 12.1 Å². The van der Waals surface area contributed by atoms with E-state index in [2.05, 4.69) is 15.2 Å². The van der Waals surface area contributed by atoms with Crippen LogP contribution >= 0.6 is 0 Å². The Bertz CT molecular complexity index is 1800. The first-order valence-corrected chi connectivity index (χ1v) is 18.5. The van der Waals surface area contributed by atoms with Gasteiger partial charge in [-0.2, -0.15) is 0 Å². The number of rotatable bonds is 8. The third-order valence-electron chi connectivity index (χ3n) is 8.96. The number of sulfonamides is 1. The van der Waals surface area contributed by atoms with E-state index in [1.54, 1.807) is 38.2 Å². The van der Waals surface area contributed by atoms with Gasteiger partial charge in [0.15, 0.2) is 22.2 Å². The van der Waals surface area contributed by atoms with Crippen molar-refractivity contribution in [1.82, 2.24) is 15.0 Å². The van der Waals surface area contributed by atoms with E-state index >= 15 is 0 Å². The molecule has 15 nitrogen and oxygen atoms in total. The first kappa shape index (κ1) is 37.7. The summed E-state index contributed by atoms with van der Waals surface area (Å²) >= 11 is 0. The third kappa shape index (κ3) is 9.04. The molecule has 2 aliphatic rings. The smallest absolute Gasteiger partial charge is 0.321 e. The van der Waals surface area contributed by atoms with Gasteiger partial charge >= 0.3 is 6.03 Å². The van der Waals surface area contributed by atoms with E-state index in [-0.39, 0.29) is 72.1 Å². The highest BCUT2D eigenvalue weighted by Crippen LogP contribution is 2.34. The Morgan fingerprint density at radius 3 is 2.53 bits per heavy atom. The molecule has 3 heterocycles. The van der Waals surface area contributed by atoms with E-state index in [1.165, 1.54) is 35.8 Å². The number of nitrogens with one attached hydrogen (secondary N) is 2. The zero-order chi connectivity index (χ0) is 36.9. The van der Waals surface area contributed by atoms with Crippen LogP contribution in [0.5, 0.6) is 17.2 Å². The number of aliphatic hydroxyl groups is 1. The summed E-state index contributed by atoms with van der Waals surface area (Å²) in [6.45, 7) is 9.21. The van der Waals surface area contributed by atoms with Crippen LogP contribution in [0.15, 0.2) is 45.8 Å². The lowest BCUT2D eigenvalue weighted by Crippen LogP contribution is -2.48. The van der Waals surface area contributed by atoms with Crippen molar-refractivity contribution in [2.45, 2.75) is 77.0 Å². The summed E-state index contributed by atoms with van der Waals surface area (Å²) in [6.07, 6.45) is 1.47. The molecule has 3 aromatic rings. The SMILES string of the molecule is Cc1noc(C)c1S(=O)(=O)Nc1ccc2c(c1)C(=O)N([C@@H](C)CO)C[C@@H](C)[C@@H](CN(C)C(=O)Nc1ccc3c(c1)OCO3)OCCCC[C@@H](C)O2. The Morgan fingerprint density at radius 2 is 1.80 bits per heavy atom. The maximum Gasteiger partial charge on any atom is 0.321 e. The summed E-state index contributed by atoms with van der Waals surface area (Å²) in [4.78, 5) is 30.7. The van der Waals surface area contributed by atoms with Gasteiger partial charge in [0.25, 0.3) is 15.9 Å². The first-order valence-electron chi connectivity index (χ1n) is 17.0. The quantitative estimate of drug-likeness (QED) is 0.290. The number of carbonyl (C=O) groups is 2. The van der Waals surface area contributed by atoms with E-state index in [1.807, 2.05) is 13.8 Å². The Hall–Kier alpha value is -4.54. The van der Waals surface area contributed by atoms with Crippen LogP contribution in [0.3, 0.4) is 0 Å². The number of amides is 3. The largest absolute Gasteiger partial charge is 0.490 e. The Kier molecular flexibility index (Phi) is 12.0. The molecule has 1 aromatic heterocycles. The molecule has 51 heavy (non-hydrogen) atoms. The summed E-state index contributed by atoms with van der Waals surface area (Å²) < 4.78 is 57.7. The van der Waals surface area contributed by atoms with Gasteiger partial charge in [0.2, 0.25) is 6.79 Å². The van der Waals surface area contributed by atoms with Crippen molar-refractivity contribution in [2.75, 3.05) is 50.2 Å². The minimum absolute atomic E-state index is 0.0799. The number of aliphatic hydroxyl groups excluding tert-OH is 1. The molecule has 0 saturated heterocycles. The zero-order valence-electron chi connectivity index (χ0n) is 29.8. The Morgan fingerprint density at radius 1 is 1.08 bits per heavy atom. The van der Waals surface area contributed by atoms with Crippen molar-refractivity contribution >= 4 is 33.3 Å². The van der Waals surface area contributed by atoms with Crippen LogP contribution in [0.1, 0.15) is 61.8 Å². The number of carbonyl (C=O) groups excluding carboxylic acids is 2. The van der Waals surface area contributed by atoms with Gasteiger partial charge in [-0.25, -0.2) is 13.2 Å². The van der Waals surface area contributed by atoms with Gasteiger partial charge in [0.1, 0.15) is 11.4 Å². The number of hydrogen-bond donors (Lipinski definition) is 3. The van der Waals surface area contributed by atoms with Crippen molar-refractivity contribution in [1.29, 1.82) is 0 Å². The van der Waals surface area contributed by atoms with Crippen LogP contribution in [-0.4, -0.2) is 98.8 Å². The van der Waals surface area contributed by atoms with Crippen LogP contribution in [0, 0.1) is 19.8 Å². The van der Waals surface area contributed by atoms with Crippen molar-refractivity contribution in [3.63, 3.8) is 0 Å². The van der Waals surface area contributed by atoms with E-state index in [9.17, 15) is 23.1 Å². The average Bonchev–Trinajstić information content (AvgIpc) is 3.70. The number of urea groups is 1. The van der Waals surface area contributed by atoms with Crippen LogP contribution in [0.2, 0.25) is 0 Å². The van der Waals surface area contributed by atoms with Crippen molar-refractivity contribution in [3.8, 4) is 17.2 Å². The molecular formula is C35H47N5O10S. The summed E-state index contributed by atoms with van der Waals surface area (Å²) in [5, 5.41) is 16.9. The van der Waals surface area contributed by atoms with Crippen LogP contribution in [-0.2, 0) is 14.8 Å². The number of aromatic nitrogens is 1. The molecule has 0 saturated carbocycles. The van der Waals surface area contributed by atoms with Gasteiger partial charge in [0.05, 0.1) is 30.4 Å². The van der Waals surface area contributed by atoms with Crippen LogP contribution in [0.4, 0.5) is 16.2 Å². The molecule has 16 heteroatoms. The zero-order valence-corrected chi connectivity index (χ0v) is 30.6. The highest BCUT2D eigenvalue weighted by atomic mass is 32.2. The Labute approximate surface area is 298 Å². The monoisotopic (exact) mass is 729 g/mol. The number of nitrogens with zero attached hydrogens (tertiary/aromatic N) is 3. The number of benzene rings is 2. The summed E-state index contributed by atoms with van der Waals surface area (Å²) in [5.74, 6) is 0.826. The second-order valence-corrected chi connectivity index (χ2v) is 14.8. The molecule has 2 aliphatic heterocycles. The molecule has 0 unspecified atom stereocenters. The van der Waals surface area contributed by atoms with Gasteiger partial charge in [-0.15, -0.1) is 0 Å². The number of likely N-dealkylation sites (N-methyl/N-ethyl adjacent to an activating group) is 1. The summed E-state index contributed by atoms with van der Waals surface area (Å²) in [6, 6.07) is 8.74. The molecule has 278 valence electrons. The van der Waals surface area contributed by atoms with E-state index in [0.717, 1.165) is 12.8 Å². The number of aryl methyl sites for hydroxylation is 2. The Balaban J connectivity index is 1.40. The third-order valence-corrected chi connectivity index (χ3v) is 10.6. The molecule has 3 amide bonds. The fourth-order valence-electron chi connectivity index (χ4n) is 6.06. The number of fused-ring (bicyclic) bond motifs is 2. The molecule has 0 aliphatic carbocycles. The van der Waals surface area contributed by atoms with Gasteiger partial charge in [-0.3, -0.25) is 9.52 Å². The molecule has 2 aromatic carbocycles. The lowest BCUT2D eigenvalue weighted by molar-refractivity contribution is -0.0115. The molecule has 3 N–H and O–H groups in total. The van der Waals surface area contributed by atoms with Gasteiger partial charge < -0.3 is 43.7 Å². The van der Waals surface area contributed by atoms with Crippen molar-refractivity contribution in [2.24, 2.45) is 5.92 Å². The summed E-state index contributed by atoms with van der Waals surface area (Å²) in [7, 11) is -2.43. The number of anilines is 2. The predicted octanol–water partition coefficient (Wildman–Crippen LogP) is 4.78. The molecule has 0 radical (unpaired) electrons. The fourth-order valence-corrected chi connectivity index (χ4v) is 7.44. The van der Waals surface area contributed by atoms with Crippen molar-refractivity contribution in [3.05, 3.63) is 53.4 Å². The lowest BCUT2D eigenvalue weighted by atomic mass is 10.0. The van der Waals surface area contributed by atoms with E-state index in [4.69, 9.17) is 23.5 Å². The highest BCUT2D eigenvalue weighted by Gasteiger charge is 2.32. The standard InChI is InChI=1S/C35H47N5O10S/c1-21-17-40(22(2)19-41)34(42)28-15-27(38-51(44,45)33-24(4)37-50-25(33)5)11-12-29(28)49-23(3)9-7-8-14-46-32(21)18-39(6)35(43)36-26-10-13-30-31(16-26)48-20-47-30/h10-13,15-16,21-23,32,38,41H,7-9,14,17-20H2,1-6H3,(H,36,43)/t21-,22+,23-,32-/m1/s1. The molecule has 0 bridgehead atoms. The summed E-state index contributed by atoms with van der Waals surface area (Å²) in [5.41, 5.74) is 1.02. The maximum atomic E-state index is 14.4. The number of hydrogen-bond acceptors (Lipinski definition) is 11. The van der Waals surface area contributed by atoms with E-state index in [0.29, 0.717) is 36.0 Å².